The lowest BCUT2D eigenvalue weighted by molar-refractivity contribution is -0.163. The third-order valence-corrected chi connectivity index (χ3v) is 9.31. The Kier molecular flexibility index (Phi) is 12.5. The van der Waals surface area contributed by atoms with E-state index in [0.717, 1.165) is 12.8 Å². The molecule has 3 aliphatic heterocycles. The Morgan fingerprint density at radius 3 is 2.63 bits per heavy atom. The summed E-state index contributed by atoms with van der Waals surface area (Å²) in [4.78, 5) is 58.7. The Labute approximate surface area is 271 Å². The molecule has 2 bridgehead atoms. The molecule has 11 nitrogen and oxygen atoms in total. The minimum atomic E-state index is -1.18. The van der Waals surface area contributed by atoms with Crippen LogP contribution in [0, 0.1) is 11.8 Å². The molecule has 3 fully saturated rings. The highest BCUT2D eigenvalue weighted by molar-refractivity contribution is 5.98. The number of fused-ring (bicyclic) bond motifs is 1. The van der Waals surface area contributed by atoms with Gasteiger partial charge in [-0.1, -0.05) is 55.8 Å². The molecule has 0 radical (unpaired) electrons. The quantitative estimate of drug-likeness (QED) is 0.174. The number of unbranched alkanes of at least 4 members (excludes halogenated alkanes) is 1. The van der Waals surface area contributed by atoms with Crippen LogP contribution in [0.1, 0.15) is 63.5 Å². The van der Waals surface area contributed by atoms with E-state index in [1.807, 2.05) is 37.3 Å². The summed E-state index contributed by atoms with van der Waals surface area (Å²) < 4.78 is 18.2. The number of hydrogen-bond acceptors (Lipinski definition) is 8. The van der Waals surface area contributed by atoms with E-state index in [4.69, 9.17) is 14.2 Å². The SMILES string of the molecule is C=CCCC(=O)N[C@@H](COC)[C@@H](OC(=O)[C@@H]1[C@H]2C(=O)N(CCCO)[C@H](C(=O)N(CC=C)CCCC)[C@]23CC[C@H]1O3)c1ccccc1. The number of amides is 3. The summed E-state index contributed by atoms with van der Waals surface area (Å²) in [6, 6.07) is 7.47. The van der Waals surface area contributed by atoms with Crippen molar-refractivity contribution in [3.8, 4) is 0 Å². The van der Waals surface area contributed by atoms with Crippen molar-refractivity contribution in [1.82, 2.24) is 15.1 Å². The van der Waals surface area contributed by atoms with Crippen molar-refractivity contribution in [3.63, 3.8) is 0 Å². The van der Waals surface area contributed by atoms with Crippen molar-refractivity contribution in [3.05, 3.63) is 61.2 Å². The Morgan fingerprint density at radius 2 is 1.98 bits per heavy atom. The number of benzene rings is 1. The molecule has 252 valence electrons. The maximum atomic E-state index is 14.3. The highest BCUT2D eigenvalue weighted by atomic mass is 16.6. The van der Waals surface area contributed by atoms with Crippen LogP contribution >= 0.6 is 0 Å². The molecule has 4 rings (SSSR count). The number of rotatable bonds is 19. The summed E-state index contributed by atoms with van der Waals surface area (Å²) >= 11 is 0. The Balaban J connectivity index is 1.66. The van der Waals surface area contributed by atoms with Crippen LogP contribution in [0.3, 0.4) is 0 Å². The van der Waals surface area contributed by atoms with E-state index >= 15 is 0 Å². The van der Waals surface area contributed by atoms with E-state index in [9.17, 15) is 24.3 Å². The number of methoxy groups -OCH3 is 1. The van der Waals surface area contributed by atoms with E-state index in [1.54, 1.807) is 17.1 Å². The van der Waals surface area contributed by atoms with Gasteiger partial charge in [0, 0.05) is 39.8 Å². The van der Waals surface area contributed by atoms with Crippen molar-refractivity contribution in [2.75, 3.05) is 40.0 Å². The van der Waals surface area contributed by atoms with E-state index in [-0.39, 0.29) is 50.3 Å². The first kappa shape index (κ1) is 35.3. The summed E-state index contributed by atoms with van der Waals surface area (Å²) in [5, 5.41) is 12.6. The standard InChI is InChI=1S/C35H49N3O8/c1-5-8-16-27(40)36-25(23-44-4)30(24-14-11-10-12-15-24)45-34(43)28-26-17-18-35(46-26)29(28)32(41)38(21-13-22-39)31(35)33(42)37(19-7-3)20-9-6-2/h5,7,10-12,14-15,25-26,28-31,39H,1,3,6,8-9,13,16-23H2,2,4H3,(H,36,40)/t25-,26+,28-,29-,30-,31+,35-/m0/s1. The van der Waals surface area contributed by atoms with Crippen molar-refractivity contribution >= 4 is 23.7 Å². The molecule has 46 heavy (non-hydrogen) atoms. The van der Waals surface area contributed by atoms with Gasteiger partial charge in [0.1, 0.15) is 17.7 Å². The lowest BCUT2D eigenvalue weighted by Gasteiger charge is -2.36. The summed E-state index contributed by atoms with van der Waals surface area (Å²) in [6.45, 7) is 10.5. The maximum Gasteiger partial charge on any atom is 0.313 e. The number of ether oxygens (including phenoxy) is 3. The number of aliphatic hydroxyl groups is 1. The third kappa shape index (κ3) is 7.21. The lowest BCUT2D eigenvalue weighted by Crippen LogP contribution is -2.56. The average Bonchev–Trinajstić information content (AvgIpc) is 3.70. The van der Waals surface area contributed by atoms with Crippen LogP contribution in [0.4, 0.5) is 0 Å². The molecule has 0 saturated carbocycles. The van der Waals surface area contributed by atoms with Gasteiger partial charge < -0.3 is 34.4 Å². The minimum absolute atomic E-state index is 0.0754. The smallest absolute Gasteiger partial charge is 0.313 e. The normalized spacial score (nSPS) is 25.9. The first-order chi connectivity index (χ1) is 22.3. The fourth-order valence-corrected chi connectivity index (χ4v) is 7.28. The monoisotopic (exact) mass is 639 g/mol. The van der Waals surface area contributed by atoms with Gasteiger partial charge in [0.05, 0.1) is 30.6 Å². The highest BCUT2D eigenvalue weighted by Gasteiger charge is 2.75. The molecule has 7 atom stereocenters. The molecule has 1 aromatic rings. The predicted octanol–water partition coefficient (Wildman–Crippen LogP) is 2.94. The van der Waals surface area contributed by atoms with Gasteiger partial charge in [0.2, 0.25) is 17.7 Å². The summed E-state index contributed by atoms with van der Waals surface area (Å²) in [7, 11) is 1.51. The first-order valence-electron chi connectivity index (χ1n) is 16.4. The summed E-state index contributed by atoms with van der Waals surface area (Å²) in [5.74, 6) is -3.29. The van der Waals surface area contributed by atoms with Crippen molar-refractivity contribution in [1.29, 1.82) is 0 Å². The van der Waals surface area contributed by atoms with Crippen molar-refractivity contribution in [2.45, 2.75) is 81.8 Å². The third-order valence-electron chi connectivity index (χ3n) is 9.31. The Bertz CT molecular complexity index is 1240. The number of nitrogens with zero attached hydrogens (tertiary/aromatic N) is 2. The maximum absolute atomic E-state index is 14.3. The number of hydrogen-bond donors (Lipinski definition) is 2. The molecule has 11 heteroatoms. The molecule has 2 N–H and O–H groups in total. The topological polar surface area (TPSA) is 135 Å². The minimum Gasteiger partial charge on any atom is -0.455 e. The molecule has 0 aliphatic carbocycles. The Hall–Kier alpha value is -3.54. The van der Waals surface area contributed by atoms with Gasteiger partial charge in [-0.2, -0.15) is 0 Å². The number of allylic oxidation sites excluding steroid dienone is 1. The van der Waals surface area contributed by atoms with Crippen LogP contribution in [0.5, 0.6) is 0 Å². The van der Waals surface area contributed by atoms with Crippen LogP contribution in [0.15, 0.2) is 55.6 Å². The molecule has 3 heterocycles. The van der Waals surface area contributed by atoms with Crippen LogP contribution in [-0.2, 0) is 33.4 Å². The number of likely N-dealkylation sites (tertiary alicyclic amines) is 1. The number of nitrogens with one attached hydrogen (secondary N) is 1. The van der Waals surface area contributed by atoms with E-state index < -0.39 is 47.7 Å². The first-order valence-corrected chi connectivity index (χ1v) is 16.4. The van der Waals surface area contributed by atoms with Gasteiger partial charge in [-0.3, -0.25) is 19.2 Å². The molecule has 1 aromatic carbocycles. The van der Waals surface area contributed by atoms with Crippen LogP contribution in [-0.4, -0.2) is 102 Å². The predicted molar refractivity (Wildman–Crippen MR) is 171 cm³/mol. The fourth-order valence-electron chi connectivity index (χ4n) is 7.28. The van der Waals surface area contributed by atoms with Gasteiger partial charge in [0.25, 0.3) is 0 Å². The lowest BCUT2D eigenvalue weighted by atomic mass is 9.70. The molecular formula is C35H49N3O8. The van der Waals surface area contributed by atoms with Crippen LogP contribution in [0.2, 0.25) is 0 Å². The second kappa shape index (κ2) is 16.3. The second-order valence-corrected chi connectivity index (χ2v) is 12.3. The van der Waals surface area contributed by atoms with Gasteiger partial charge >= 0.3 is 5.97 Å². The molecule has 0 unspecified atom stereocenters. The molecule has 0 aromatic heterocycles. The molecule has 1 spiro atoms. The number of esters is 1. The van der Waals surface area contributed by atoms with Gasteiger partial charge in [0.15, 0.2) is 0 Å². The van der Waals surface area contributed by atoms with Crippen LogP contribution in [0.25, 0.3) is 0 Å². The van der Waals surface area contributed by atoms with Gasteiger partial charge in [-0.05, 0) is 37.7 Å². The van der Waals surface area contributed by atoms with Gasteiger partial charge in [-0.15, -0.1) is 13.2 Å². The number of carbonyl (C=O) groups is 4. The largest absolute Gasteiger partial charge is 0.455 e. The van der Waals surface area contributed by atoms with Crippen LogP contribution < -0.4 is 5.32 Å². The zero-order valence-electron chi connectivity index (χ0n) is 27.1. The summed E-state index contributed by atoms with van der Waals surface area (Å²) in [5.41, 5.74) is -0.525. The van der Waals surface area contributed by atoms with E-state index in [0.29, 0.717) is 37.9 Å². The number of aliphatic hydroxyl groups excluding tert-OH is 1. The molecule has 3 aliphatic rings. The molecule has 3 amide bonds. The second-order valence-electron chi connectivity index (χ2n) is 12.3. The van der Waals surface area contributed by atoms with E-state index in [2.05, 4.69) is 18.5 Å². The van der Waals surface area contributed by atoms with Crippen molar-refractivity contribution < 1.29 is 38.5 Å². The fraction of sp³-hybridized carbons (Fsp3) is 0.600. The number of carbonyl (C=O) groups excluding carboxylic acids is 4. The summed E-state index contributed by atoms with van der Waals surface area (Å²) in [6.07, 6.45) is 5.44. The van der Waals surface area contributed by atoms with Crippen molar-refractivity contribution in [2.24, 2.45) is 11.8 Å². The molecular weight excluding hydrogens is 590 g/mol. The molecule has 3 saturated heterocycles. The van der Waals surface area contributed by atoms with Gasteiger partial charge in [-0.25, -0.2) is 0 Å². The Morgan fingerprint density at radius 1 is 1.22 bits per heavy atom. The zero-order chi connectivity index (χ0) is 33.3. The van der Waals surface area contributed by atoms with E-state index in [1.165, 1.54) is 12.0 Å². The highest BCUT2D eigenvalue weighted by Crippen LogP contribution is 2.59. The zero-order valence-corrected chi connectivity index (χ0v) is 27.1. The average molecular weight is 640 g/mol.